The Kier molecular flexibility index (Phi) is 6.58. The summed E-state index contributed by atoms with van der Waals surface area (Å²) in [7, 11) is 0. The lowest BCUT2D eigenvalue weighted by molar-refractivity contribution is 0.0392. The highest BCUT2D eigenvalue weighted by molar-refractivity contribution is 5.75. The maximum Gasteiger partial charge on any atom is 0.320 e. The molecule has 3 heterocycles. The molecule has 2 saturated heterocycles. The van der Waals surface area contributed by atoms with E-state index in [1.807, 2.05) is 9.80 Å². The number of aryl methyl sites for hydroxylation is 1. The molecule has 1 aromatic heterocycles. The van der Waals surface area contributed by atoms with Crippen LogP contribution in [0.25, 0.3) is 11.4 Å². The van der Waals surface area contributed by atoms with E-state index in [1.54, 1.807) is 12.1 Å². The zero-order chi connectivity index (χ0) is 23.5. The van der Waals surface area contributed by atoms with Gasteiger partial charge in [0.2, 0.25) is 11.7 Å². The van der Waals surface area contributed by atoms with Crippen LogP contribution < -0.4 is 0 Å². The number of nitrogens with zero attached hydrogens (tertiary/aromatic N) is 4. The van der Waals surface area contributed by atoms with Crippen LogP contribution in [0.4, 0.5) is 9.18 Å². The molecule has 2 atom stereocenters. The van der Waals surface area contributed by atoms with E-state index < -0.39 is 0 Å². The third-order valence-corrected chi connectivity index (χ3v) is 6.74. The van der Waals surface area contributed by atoms with Crippen LogP contribution in [-0.4, -0.2) is 65.4 Å². The van der Waals surface area contributed by atoms with Crippen molar-refractivity contribution in [2.45, 2.75) is 31.6 Å². The Morgan fingerprint density at radius 3 is 2.56 bits per heavy atom. The van der Waals surface area contributed by atoms with Gasteiger partial charge >= 0.3 is 6.03 Å². The highest BCUT2D eigenvalue weighted by atomic mass is 19.1. The van der Waals surface area contributed by atoms with Gasteiger partial charge in [-0.05, 0) is 36.1 Å². The minimum atomic E-state index is -0.348. The van der Waals surface area contributed by atoms with Crippen LogP contribution in [0.5, 0.6) is 0 Å². The van der Waals surface area contributed by atoms with Crippen molar-refractivity contribution in [1.82, 2.24) is 19.9 Å². The lowest BCUT2D eigenvalue weighted by Crippen LogP contribution is -2.52. The predicted molar refractivity (Wildman–Crippen MR) is 125 cm³/mol. The van der Waals surface area contributed by atoms with E-state index in [0.29, 0.717) is 56.7 Å². The van der Waals surface area contributed by atoms with E-state index in [1.165, 1.54) is 23.3 Å². The first-order valence-electron chi connectivity index (χ1n) is 11.9. The molecule has 0 radical (unpaired) electrons. The van der Waals surface area contributed by atoms with Gasteiger partial charge in [-0.25, -0.2) is 9.18 Å². The van der Waals surface area contributed by atoms with E-state index >= 15 is 0 Å². The van der Waals surface area contributed by atoms with Crippen molar-refractivity contribution in [3.8, 4) is 11.4 Å². The van der Waals surface area contributed by atoms with Gasteiger partial charge in [0.05, 0.1) is 19.1 Å². The minimum Gasteiger partial charge on any atom is -0.378 e. The number of ether oxygens (including phenoxy) is 1. The maximum absolute atomic E-state index is 13.7. The lowest BCUT2D eigenvalue weighted by Gasteiger charge is -2.40. The molecule has 0 aliphatic carbocycles. The van der Waals surface area contributed by atoms with Crippen LogP contribution in [0.1, 0.15) is 42.2 Å². The third-order valence-electron chi connectivity index (χ3n) is 6.74. The molecule has 34 heavy (non-hydrogen) atoms. The van der Waals surface area contributed by atoms with Crippen LogP contribution in [0.15, 0.2) is 53.1 Å². The molecule has 2 fully saturated rings. The van der Waals surface area contributed by atoms with Gasteiger partial charge < -0.3 is 19.1 Å². The number of morpholine rings is 1. The minimum absolute atomic E-state index is 0.0213. The third kappa shape index (κ3) is 4.82. The quantitative estimate of drug-likeness (QED) is 0.570. The number of hydrogen-bond donors (Lipinski definition) is 0. The predicted octanol–water partition coefficient (Wildman–Crippen LogP) is 4.46. The van der Waals surface area contributed by atoms with Crippen molar-refractivity contribution < 1.29 is 18.4 Å². The Morgan fingerprint density at radius 1 is 1.06 bits per heavy atom. The van der Waals surface area contributed by atoms with E-state index in [0.717, 1.165) is 12.8 Å². The van der Waals surface area contributed by atoms with Crippen LogP contribution in [0.2, 0.25) is 0 Å². The topological polar surface area (TPSA) is 71.7 Å². The lowest BCUT2D eigenvalue weighted by atomic mass is 9.84. The molecule has 2 aromatic carbocycles. The summed E-state index contributed by atoms with van der Waals surface area (Å²) in [5, 5.41) is 4.10. The summed E-state index contributed by atoms with van der Waals surface area (Å²) in [5.41, 5.74) is 3.05. The highest BCUT2D eigenvalue weighted by Gasteiger charge is 2.36. The van der Waals surface area contributed by atoms with E-state index in [4.69, 9.17) is 9.26 Å². The number of likely N-dealkylation sites (tertiary alicyclic amines) is 1. The van der Waals surface area contributed by atoms with Crippen molar-refractivity contribution >= 4 is 6.03 Å². The molecule has 178 valence electrons. The van der Waals surface area contributed by atoms with Gasteiger partial charge in [0.1, 0.15) is 5.82 Å². The molecule has 2 aliphatic heterocycles. The van der Waals surface area contributed by atoms with E-state index in [9.17, 15) is 9.18 Å². The second kappa shape index (κ2) is 9.93. The number of carbonyl (C=O) groups is 1. The summed E-state index contributed by atoms with van der Waals surface area (Å²) in [4.78, 5) is 21.7. The molecule has 2 amide bonds. The van der Waals surface area contributed by atoms with Gasteiger partial charge in [0.15, 0.2) is 0 Å². The summed E-state index contributed by atoms with van der Waals surface area (Å²) < 4.78 is 24.7. The molecule has 7 nitrogen and oxygen atoms in total. The molecular formula is C26H29FN4O3. The SMILES string of the molecule is CCc1ccc(C2CC(c3nc(-c4cccc(F)c4)no3)CN(C(=O)N3CCOCC3)C2)cc1. The number of hydrogen-bond acceptors (Lipinski definition) is 5. The zero-order valence-electron chi connectivity index (χ0n) is 19.3. The second-order valence-electron chi connectivity index (χ2n) is 8.98. The van der Waals surface area contributed by atoms with Crippen molar-refractivity contribution in [3.63, 3.8) is 0 Å². The summed E-state index contributed by atoms with van der Waals surface area (Å²) in [5.74, 6) is 0.534. The van der Waals surface area contributed by atoms with Gasteiger partial charge in [-0.15, -0.1) is 0 Å². The average Bonchev–Trinajstić information content (AvgIpc) is 3.39. The van der Waals surface area contributed by atoms with Crippen LogP contribution in [0.3, 0.4) is 0 Å². The smallest absolute Gasteiger partial charge is 0.320 e. The fourth-order valence-corrected chi connectivity index (χ4v) is 4.80. The fraction of sp³-hybridized carbons (Fsp3) is 0.423. The Labute approximate surface area is 198 Å². The number of urea groups is 1. The van der Waals surface area contributed by atoms with Crippen LogP contribution in [-0.2, 0) is 11.2 Å². The molecule has 3 aromatic rings. The molecular weight excluding hydrogens is 435 g/mol. The molecule has 0 saturated carbocycles. The normalized spacial score (nSPS) is 21.0. The number of benzene rings is 2. The second-order valence-corrected chi connectivity index (χ2v) is 8.98. The van der Waals surface area contributed by atoms with Crippen LogP contribution >= 0.6 is 0 Å². The van der Waals surface area contributed by atoms with Crippen LogP contribution in [0, 0.1) is 5.82 Å². The first kappa shape index (κ1) is 22.5. The van der Waals surface area contributed by atoms with E-state index in [-0.39, 0.29) is 23.7 Å². The number of piperidine rings is 1. The monoisotopic (exact) mass is 464 g/mol. The summed E-state index contributed by atoms with van der Waals surface area (Å²) in [6.45, 7) is 5.60. The Bertz CT molecular complexity index is 1130. The Balaban J connectivity index is 1.41. The molecule has 0 spiro atoms. The number of amides is 2. The van der Waals surface area contributed by atoms with Gasteiger partial charge in [0, 0.05) is 37.7 Å². The van der Waals surface area contributed by atoms with Gasteiger partial charge in [0.25, 0.3) is 0 Å². The molecule has 2 aliphatic rings. The fourth-order valence-electron chi connectivity index (χ4n) is 4.80. The molecule has 0 N–H and O–H groups in total. The first-order valence-corrected chi connectivity index (χ1v) is 11.9. The zero-order valence-corrected chi connectivity index (χ0v) is 19.3. The highest BCUT2D eigenvalue weighted by Crippen LogP contribution is 2.36. The molecule has 5 rings (SSSR count). The molecule has 8 heteroatoms. The van der Waals surface area contributed by atoms with Crippen molar-refractivity contribution in [2.24, 2.45) is 0 Å². The first-order chi connectivity index (χ1) is 16.6. The van der Waals surface area contributed by atoms with Crippen molar-refractivity contribution in [3.05, 3.63) is 71.4 Å². The number of carbonyl (C=O) groups excluding carboxylic acids is 1. The summed E-state index contributed by atoms with van der Waals surface area (Å²) in [6, 6.07) is 14.8. The molecule has 2 unspecified atom stereocenters. The average molecular weight is 465 g/mol. The van der Waals surface area contributed by atoms with Crippen molar-refractivity contribution in [1.29, 1.82) is 0 Å². The molecule has 0 bridgehead atoms. The van der Waals surface area contributed by atoms with E-state index in [2.05, 4.69) is 41.3 Å². The van der Waals surface area contributed by atoms with Gasteiger partial charge in [-0.2, -0.15) is 4.98 Å². The van der Waals surface area contributed by atoms with Gasteiger partial charge in [-0.1, -0.05) is 48.5 Å². The largest absolute Gasteiger partial charge is 0.378 e. The Morgan fingerprint density at radius 2 is 1.82 bits per heavy atom. The summed E-state index contributed by atoms with van der Waals surface area (Å²) >= 11 is 0. The number of rotatable bonds is 4. The van der Waals surface area contributed by atoms with Crippen molar-refractivity contribution in [2.75, 3.05) is 39.4 Å². The summed E-state index contributed by atoms with van der Waals surface area (Å²) in [6.07, 6.45) is 1.78. The number of halogens is 1. The number of aromatic nitrogens is 2. The maximum atomic E-state index is 13.7. The Hall–Kier alpha value is -3.26. The standard InChI is InChI=1S/C26H29FN4O3/c1-2-18-6-8-19(9-7-18)21-14-22(17-31(16-21)26(32)30-10-12-33-13-11-30)25-28-24(29-34-25)20-4-3-5-23(27)15-20/h3-9,15,21-22H,2,10-14,16-17H2,1H3. The van der Waals surface area contributed by atoms with Gasteiger partial charge in [-0.3, -0.25) is 0 Å².